The van der Waals surface area contributed by atoms with Crippen molar-refractivity contribution in [3.8, 4) is 0 Å². The van der Waals surface area contributed by atoms with Crippen molar-refractivity contribution < 1.29 is 4.42 Å². The van der Waals surface area contributed by atoms with Crippen LogP contribution in [0.2, 0.25) is 0 Å². The van der Waals surface area contributed by atoms with Gasteiger partial charge in [0.15, 0.2) is 5.13 Å². The van der Waals surface area contributed by atoms with Gasteiger partial charge >= 0.3 is 0 Å². The molecular weight excluding hydrogens is 246 g/mol. The van der Waals surface area contributed by atoms with E-state index in [9.17, 15) is 0 Å². The fourth-order valence-corrected chi connectivity index (χ4v) is 2.64. The monoisotopic (exact) mass is 259 g/mol. The first-order valence-electron chi connectivity index (χ1n) is 5.64. The minimum absolute atomic E-state index is 0.525. The highest BCUT2D eigenvalue weighted by molar-refractivity contribution is 7.15. The quantitative estimate of drug-likeness (QED) is 0.785. The molecule has 3 rings (SSSR count). The van der Waals surface area contributed by atoms with Gasteiger partial charge in [0.25, 0.3) is 0 Å². The molecule has 0 atom stereocenters. The Bertz CT molecular complexity index is 673. The third-order valence-electron chi connectivity index (χ3n) is 2.85. The van der Waals surface area contributed by atoms with Crippen molar-refractivity contribution in [2.24, 2.45) is 5.73 Å². The second kappa shape index (κ2) is 4.44. The average Bonchev–Trinajstić information content (AvgIpc) is 3.04. The molecule has 0 amide bonds. The van der Waals surface area contributed by atoms with Crippen molar-refractivity contribution in [1.82, 2.24) is 4.98 Å². The lowest BCUT2D eigenvalue weighted by atomic mass is 10.2. The Morgan fingerprint density at radius 1 is 1.39 bits per heavy atom. The molecule has 0 radical (unpaired) electrons. The van der Waals surface area contributed by atoms with Gasteiger partial charge in [0, 0.05) is 30.1 Å². The molecule has 0 unspecified atom stereocenters. The molecule has 0 aliphatic heterocycles. The van der Waals surface area contributed by atoms with Gasteiger partial charge in [0.05, 0.1) is 5.69 Å². The zero-order valence-corrected chi connectivity index (χ0v) is 10.8. The molecule has 0 bridgehead atoms. The summed E-state index contributed by atoms with van der Waals surface area (Å²) in [5, 5.41) is 2.01. The first kappa shape index (κ1) is 11.3. The molecule has 0 fully saturated rings. The summed E-state index contributed by atoms with van der Waals surface area (Å²) in [5.74, 6) is 0. The Morgan fingerprint density at radius 3 is 3.00 bits per heavy atom. The summed E-state index contributed by atoms with van der Waals surface area (Å²) < 4.78 is 5.54. The molecule has 3 aromatic rings. The Balaban J connectivity index is 2.03. The highest BCUT2D eigenvalue weighted by atomic mass is 32.1. The predicted octanol–water partition coefficient (Wildman–Crippen LogP) is 3.12. The number of thiazole rings is 1. The van der Waals surface area contributed by atoms with Gasteiger partial charge in [-0.3, -0.25) is 0 Å². The highest BCUT2D eigenvalue weighted by Gasteiger charge is 2.13. The maximum Gasteiger partial charge on any atom is 0.189 e. The summed E-state index contributed by atoms with van der Waals surface area (Å²) in [4.78, 5) is 7.47. The van der Waals surface area contributed by atoms with Crippen LogP contribution in [0.4, 0.5) is 10.8 Å². The van der Waals surface area contributed by atoms with Gasteiger partial charge in [-0.25, -0.2) is 4.98 Å². The van der Waals surface area contributed by atoms with Gasteiger partial charge in [0.2, 0.25) is 0 Å². The van der Waals surface area contributed by atoms with Crippen LogP contribution in [-0.2, 0) is 6.54 Å². The van der Waals surface area contributed by atoms with Gasteiger partial charge < -0.3 is 15.1 Å². The summed E-state index contributed by atoms with van der Waals surface area (Å²) >= 11 is 1.60. The number of para-hydroxylation sites is 1. The van der Waals surface area contributed by atoms with Crippen molar-refractivity contribution in [2.45, 2.75) is 6.54 Å². The fourth-order valence-electron chi connectivity index (χ4n) is 1.87. The van der Waals surface area contributed by atoms with Gasteiger partial charge in [-0.05, 0) is 12.1 Å². The Labute approximate surface area is 109 Å². The van der Waals surface area contributed by atoms with Gasteiger partial charge in [0.1, 0.15) is 11.8 Å². The summed E-state index contributed by atoms with van der Waals surface area (Å²) in [6, 6.07) is 7.97. The number of rotatable bonds is 3. The van der Waals surface area contributed by atoms with Crippen LogP contribution >= 0.6 is 11.3 Å². The van der Waals surface area contributed by atoms with E-state index >= 15 is 0 Å². The maximum atomic E-state index is 5.61. The topological polar surface area (TPSA) is 55.3 Å². The number of aromatic nitrogens is 1. The summed E-state index contributed by atoms with van der Waals surface area (Å²) in [5.41, 5.74) is 7.51. The van der Waals surface area contributed by atoms with Crippen LogP contribution in [-0.4, -0.2) is 12.0 Å². The van der Waals surface area contributed by atoms with Crippen LogP contribution in [0.25, 0.3) is 11.0 Å². The van der Waals surface area contributed by atoms with E-state index in [0.717, 1.165) is 26.7 Å². The third-order valence-corrected chi connectivity index (χ3v) is 3.95. The lowest BCUT2D eigenvalue weighted by Crippen LogP contribution is -2.07. The van der Waals surface area contributed by atoms with Crippen molar-refractivity contribution in [3.63, 3.8) is 0 Å². The molecule has 4 nitrogen and oxygen atoms in total. The van der Waals surface area contributed by atoms with E-state index < -0.39 is 0 Å². The molecular formula is C13H13N3OS. The van der Waals surface area contributed by atoms with Crippen molar-refractivity contribution in [1.29, 1.82) is 0 Å². The number of nitrogens with two attached hydrogens (primary N) is 1. The van der Waals surface area contributed by atoms with E-state index in [1.54, 1.807) is 17.6 Å². The molecule has 0 aliphatic carbocycles. The number of anilines is 2. The normalized spacial score (nSPS) is 11.0. The van der Waals surface area contributed by atoms with Gasteiger partial charge in [-0.1, -0.05) is 12.1 Å². The third kappa shape index (κ3) is 1.77. The lowest BCUT2D eigenvalue weighted by Gasteiger charge is -2.13. The van der Waals surface area contributed by atoms with Gasteiger partial charge in [-0.15, -0.1) is 11.3 Å². The van der Waals surface area contributed by atoms with Crippen LogP contribution in [0.5, 0.6) is 0 Å². The smallest absolute Gasteiger partial charge is 0.189 e. The lowest BCUT2D eigenvalue weighted by molar-refractivity contribution is 0.616. The molecule has 0 aliphatic rings. The van der Waals surface area contributed by atoms with E-state index in [4.69, 9.17) is 10.2 Å². The molecule has 2 N–H and O–H groups in total. The van der Waals surface area contributed by atoms with Gasteiger partial charge in [-0.2, -0.15) is 0 Å². The van der Waals surface area contributed by atoms with E-state index in [-0.39, 0.29) is 0 Å². The largest absolute Gasteiger partial charge is 0.462 e. The molecule has 5 heteroatoms. The molecule has 2 aromatic heterocycles. The molecule has 0 saturated heterocycles. The van der Waals surface area contributed by atoms with Crippen LogP contribution in [0.1, 0.15) is 4.88 Å². The molecule has 18 heavy (non-hydrogen) atoms. The van der Waals surface area contributed by atoms with Crippen LogP contribution in [0.15, 0.2) is 41.1 Å². The average molecular weight is 259 g/mol. The second-order valence-electron chi connectivity index (χ2n) is 3.99. The van der Waals surface area contributed by atoms with Crippen LogP contribution < -0.4 is 10.6 Å². The van der Waals surface area contributed by atoms with Crippen molar-refractivity contribution in [3.05, 3.63) is 41.6 Å². The zero-order chi connectivity index (χ0) is 12.5. The molecule has 92 valence electrons. The molecule has 0 spiro atoms. The standard InChI is InChI=1S/C13H13N3OS/c1-16(13-15-7-9(6-14)18-13)11-8-17-12-5-3-2-4-10(11)12/h2-5,7-8H,6,14H2,1H3. The predicted molar refractivity (Wildman–Crippen MR) is 74.3 cm³/mol. The molecule has 1 aromatic carbocycles. The molecule has 2 heterocycles. The highest BCUT2D eigenvalue weighted by Crippen LogP contribution is 2.34. The second-order valence-corrected chi connectivity index (χ2v) is 5.08. The van der Waals surface area contributed by atoms with Crippen LogP contribution in [0, 0.1) is 0 Å². The summed E-state index contributed by atoms with van der Waals surface area (Å²) in [6.07, 6.45) is 3.58. The minimum atomic E-state index is 0.525. The van der Waals surface area contributed by atoms with Crippen molar-refractivity contribution >= 4 is 33.1 Å². The van der Waals surface area contributed by atoms with Crippen LogP contribution in [0.3, 0.4) is 0 Å². The zero-order valence-electron chi connectivity index (χ0n) is 9.96. The number of benzene rings is 1. The van der Waals surface area contributed by atoms with Crippen molar-refractivity contribution in [2.75, 3.05) is 11.9 Å². The Hall–Kier alpha value is -1.85. The first-order valence-corrected chi connectivity index (χ1v) is 6.46. The molecule has 0 saturated carbocycles. The summed E-state index contributed by atoms with van der Waals surface area (Å²) in [6.45, 7) is 0.525. The van der Waals surface area contributed by atoms with E-state index in [0.29, 0.717) is 6.54 Å². The number of furan rings is 1. The van der Waals surface area contributed by atoms with E-state index in [2.05, 4.69) is 4.98 Å². The summed E-state index contributed by atoms with van der Waals surface area (Å²) in [7, 11) is 1.98. The first-order chi connectivity index (χ1) is 8.79. The number of hydrogen-bond acceptors (Lipinski definition) is 5. The Morgan fingerprint density at radius 2 is 2.22 bits per heavy atom. The minimum Gasteiger partial charge on any atom is -0.462 e. The SMILES string of the molecule is CN(c1ncc(CN)s1)c1coc2ccccc12. The number of nitrogens with zero attached hydrogens (tertiary/aromatic N) is 2. The number of hydrogen-bond donors (Lipinski definition) is 1. The van der Waals surface area contributed by atoms with E-state index in [1.807, 2.05) is 42.4 Å². The Kier molecular flexibility index (Phi) is 2.77. The fraction of sp³-hybridized carbons (Fsp3) is 0.154. The number of fused-ring (bicyclic) bond motifs is 1. The maximum absolute atomic E-state index is 5.61. The van der Waals surface area contributed by atoms with E-state index in [1.165, 1.54) is 0 Å².